The molecule has 29 heavy (non-hydrogen) atoms. The molecule has 1 N–H and O–H groups in total. The van der Waals surface area contributed by atoms with Crippen LogP contribution >= 0.6 is 0 Å². The van der Waals surface area contributed by atoms with E-state index in [1.165, 1.54) is 0 Å². The topological polar surface area (TPSA) is 55.7 Å². The van der Waals surface area contributed by atoms with Crippen molar-refractivity contribution < 1.29 is 9.47 Å². The quantitative estimate of drug-likeness (QED) is 0.254. The summed E-state index contributed by atoms with van der Waals surface area (Å²) in [6.45, 7) is 5.08. The highest BCUT2D eigenvalue weighted by Crippen LogP contribution is 2.31. The molecule has 0 unspecified atom stereocenters. The molecule has 5 nitrogen and oxygen atoms in total. The molecule has 146 valence electrons. The Morgan fingerprint density at radius 3 is 2.10 bits per heavy atom. The zero-order valence-electron chi connectivity index (χ0n) is 16.6. The van der Waals surface area contributed by atoms with Crippen LogP contribution in [0.5, 0.6) is 11.5 Å². The van der Waals surface area contributed by atoms with Crippen molar-refractivity contribution in [3.8, 4) is 11.5 Å². The number of fused-ring (bicyclic) bond motifs is 2. The Balaban J connectivity index is 1.67. The Kier molecular flexibility index (Phi) is 5.56. The van der Waals surface area contributed by atoms with Gasteiger partial charge in [-0.1, -0.05) is 36.4 Å². The van der Waals surface area contributed by atoms with Crippen molar-refractivity contribution >= 4 is 33.7 Å². The number of para-hydroxylation sites is 2. The van der Waals surface area contributed by atoms with Crippen LogP contribution in [-0.2, 0) is 0 Å². The molecule has 4 aromatic rings. The summed E-state index contributed by atoms with van der Waals surface area (Å²) in [5, 5.41) is 6.55. The van der Waals surface area contributed by atoms with Gasteiger partial charge >= 0.3 is 0 Å². The summed E-state index contributed by atoms with van der Waals surface area (Å²) >= 11 is 0. The van der Waals surface area contributed by atoms with Crippen LogP contribution in [-0.4, -0.2) is 24.4 Å². The Bertz CT molecular complexity index is 1120. The van der Waals surface area contributed by atoms with Gasteiger partial charge in [-0.05, 0) is 49.7 Å². The van der Waals surface area contributed by atoms with Crippen LogP contribution in [0.1, 0.15) is 19.4 Å². The van der Waals surface area contributed by atoms with Crippen molar-refractivity contribution in [2.24, 2.45) is 5.10 Å². The maximum atomic E-state index is 5.69. The Hall–Kier alpha value is -3.60. The molecule has 0 radical (unpaired) electrons. The molecule has 0 fully saturated rings. The first-order valence-electron chi connectivity index (χ1n) is 9.76. The summed E-state index contributed by atoms with van der Waals surface area (Å²) in [5.74, 6) is 1.46. The van der Waals surface area contributed by atoms with Gasteiger partial charge in [0, 0.05) is 10.8 Å². The molecular weight excluding hydrogens is 362 g/mol. The minimum Gasteiger partial charge on any atom is -0.490 e. The fourth-order valence-electron chi connectivity index (χ4n) is 3.28. The number of nitrogens with one attached hydrogen (secondary N) is 1. The van der Waals surface area contributed by atoms with E-state index in [1.807, 2.05) is 68.4 Å². The first-order chi connectivity index (χ1) is 14.3. The molecular formula is C24H23N3O2. The molecule has 0 aliphatic rings. The summed E-state index contributed by atoms with van der Waals surface area (Å²) in [6.07, 6.45) is 1.78. The SMILES string of the molecule is CCOc1ccc(/C=N\Nc2c3ccccc3nc3ccccc23)cc1OCC. The number of hydrogen-bond acceptors (Lipinski definition) is 5. The molecule has 4 rings (SSSR count). The summed E-state index contributed by atoms with van der Waals surface area (Å²) in [6, 6.07) is 21.9. The van der Waals surface area contributed by atoms with Gasteiger partial charge in [-0.3, -0.25) is 5.43 Å². The minimum atomic E-state index is 0.577. The second kappa shape index (κ2) is 8.61. The fourth-order valence-corrected chi connectivity index (χ4v) is 3.28. The first kappa shape index (κ1) is 18.7. The minimum absolute atomic E-state index is 0.577. The zero-order chi connectivity index (χ0) is 20.1. The summed E-state index contributed by atoms with van der Waals surface area (Å²) in [4.78, 5) is 4.74. The first-order valence-corrected chi connectivity index (χ1v) is 9.76. The lowest BCUT2D eigenvalue weighted by molar-refractivity contribution is 0.288. The molecule has 1 aromatic heterocycles. The second-order valence-electron chi connectivity index (χ2n) is 6.46. The van der Waals surface area contributed by atoms with Crippen LogP contribution in [0.4, 0.5) is 5.69 Å². The van der Waals surface area contributed by atoms with E-state index >= 15 is 0 Å². The van der Waals surface area contributed by atoms with Crippen LogP contribution in [0.2, 0.25) is 0 Å². The third kappa shape index (κ3) is 3.99. The lowest BCUT2D eigenvalue weighted by Gasteiger charge is -2.11. The van der Waals surface area contributed by atoms with Gasteiger partial charge in [0.2, 0.25) is 0 Å². The number of anilines is 1. The van der Waals surface area contributed by atoms with E-state index in [-0.39, 0.29) is 0 Å². The van der Waals surface area contributed by atoms with E-state index in [4.69, 9.17) is 14.5 Å². The number of nitrogens with zero attached hydrogens (tertiary/aromatic N) is 2. The van der Waals surface area contributed by atoms with Crippen molar-refractivity contribution in [2.45, 2.75) is 13.8 Å². The zero-order valence-corrected chi connectivity index (χ0v) is 16.6. The van der Waals surface area contributed by atoms with Gasteiger partial charge in [-0.25, -0.2) is 4.98 Å². The fraction of sp³-hybridized carbons (Fsp3) is 0.167. The molecule has 0 amide bonds. The number of ether oxygens (including phenoxy) is 2. The van der Waals surface area contributed by atoms with Gasteiger partial charge in [0.05, 0.1) is 36.1 Å². The molecule has 0 spiro atoms. The molecule has 0 aliphatic carbocycles. The largest absolute Gasteiger partial charge is 0.490 e. The predicted molar refractivity (Wildman–Crippen MR) is 119 cm³/mol. The van der Waals surface area contributed by atoms with E-state index in [0.717, 1.165) is 44.6 Å². The van der Waals surface area contributed by atoms with Crippen molar-refractivity contribution in [2.75, 3.05) is 18.6 Å². The van der Waals surface area contributed by atoms with Crippen LogP contribution in [0.3, 0.4) is 0 Å². The predicted octanol–water partition coefficient (Wildman–Crippen LogP) is 5.63. The number of hydrogen-bond donors (Lipinski definition) is 1. The number of rotatable bonds is 7. The second-order valence-corrected chi connectivity index (χ2v) is 6.46. The van der Waals surface area contributed by atoms with E-state index < -0.39 is 0 Å². The highest BCUT2D eigenvalue weighted by atomic mass is 16.5. The Morgan fingerprint density at radius 2 is 1.45 bits per heavy atom. The molecule has 0 saturated heterocycles. The van der Waals surface area contributed by atoms with Gasteiger partial charge in [0.15, 0.2) is 11.5 Å². The number of benzene rings is 3. The molecule has 5 heteroatoms. The maximum absolute atomic E-state index is 5.69. The van der Waals surface area contributed by atoms with Crippen LogP contribution < -0.4 is 14.9 Å². The number of aromatic nitrogens is 1. The molecule has 1 heterocycles. The Morgan fingerprint density at radius 1 is 0.828 bits per heavy atom. The number of pyridine rings is 1. The van der Waals surface area contributed by atoms with Gasteiger partial charge in [0.1, 0.15) is 0 Å². The lowest BCUT2D eigenvalue weighted by atomic mass is 10.1. The third-order valence-corrected chi connectivity index (χ3v) is 4.55. The monoisotopic (exact) mass is 385 g/mol. The van der Waals surface area contributed by atoms with E-state index in [9.17, 15) is 0 Å². The van der Waals surface area contributed by atoms with Crippen molar-refractivity contribution in [3.63, 3.8) is 0 Å². The summed E-state index contributed by atoms with van der Waals surface area (Å²) in [7, 11) is 0. The highest BCUT2D eigenvalue weighted by molar-refractivity contribution is 6.07. The maximum Gasteiger partial charge on any atom is 0.161 e. The molecule has 0 aliphatic heterocycles. The van der Waals surface area contributed by atoms with Crippen LogP contribution in [0.15, 0.2) is 71.8 Å². The van der Waals surface area contributed by atoms with Crippen molar-refractivity contribution in [1.82, 2.24) is 4.98 Å². The van der Waals surface area contributed by atoms with Gasteiger partial charge in [-0.2, -0.15) is 5.10 Å². The normalized spacial score (nSPS) is 11.2. The highest BCUT2D eigenvalue weighted by Gasteiger charge is 2.08. The third-order valence-electron chi connectivity index (χ3n) is 4.55. The van der Waals surface area contributed by atoms with Crippen molar-refractivity contribution in [1.29, 1.82) is 0 Å². The van der Waals surface area contributed by atoms with E-state index in [0.29, 0.717) is 13.2 Å². The Labute approximate surface area is 170 Å². The summed E-state index contributed by atoms with van der Waals surface area (Å²) < 4.78 is 11.3. The molecule has 0 saturated carbocycles. The van der Waals surface area contributed by atoms with Gasteiger partial charge < -0.3 is 9.47 Å². The van der Waals surface area contributed by atoms with Crippen LogP contribution in [0.25, 0.3) is 21.8 Å². The standard InChI is InChI=1S/C24H23N3O2/c1-3-28-22-14-13-17(15-23(22)29-4-2)16-25-27-24-18-9-5-7-11-20(18)26-21-12-8-6-10-19(21)24/h5-16H,3-4H2,1-2H3,(H,26,27)/b25-16-. The van der Waals surface area contributed by atoms with E-state index in [1.54, 1.807) is 6.21 Å². The smallest absolute Gasteiger partial charge is 0.161 e. The van der Waals surface area contributed by atoms with Crippen LogP contribution in [0, 0.1) is 0 Å². The lowest BCUT2D eigenvalue weighted by Crippen LogP contribution is -1.99. The summed E-state index contributed by atoms with van der Waals surface area (Å²) in [5.41, 5.74) is 6.96. The molecule has 0 bridgehead atoms. The molecule has 0 atom stereocenters. The van der Waals surface area contributed by atoms with Gasteiger partial charge in [-0.15, -0.1) is 0 Å². The average molecular weight is 385 g/mol. The molecule has 3 aromatic carbocycles. The van der Waals surface area contributed by atoms with E-state index in [2.05, 4.69) is 22.7 Å². The average Bonchev–Trinajstić information content (AvgIpc) is 2.75. The number of hydrazone groups is 1. The van der Waals surface area contributed by atoms with Crippen molar-refractivity contribution in [3.05, 3.63) is 72.3 Å². The van der Waals surface area contributed by atoms with Gasteiger partial charge in [0.25, 0.3) is 0 Å².